The summed E-state index contributed by atoms with van der Waals surface area (Å²) in [6.45, 7) is 0.369. The zero-order chi connectivity index (χ0) is 19.7. The van der Waals surface area contributed by atoms with Crippen molar-refractivity contribution < 1.29 is 27.3 Å². The monoisotopic (exact) mass is 389 g/mol. The Kier molecular flexibility index (Phi) is 5.48. The maximum absolute atomic E-state index is 12.7. The first-order valence-corrected chi connectivity index (χ1v) is 7.87. The minimum atomic E-state index is -4.51. The molecular formula is C17H17ClF3N2O3+. The largest absolute Gasteiger partial charge is 0.456 e. The first-order valence-electron chi connectivity index (χ1n) is 7.49. The van der Waals surface area contributed by atoms with E-state index in [9.17, 15) is 23.3 Å². The van der Waals surface area contributed by atoms with Gasteiger partial charge >= 0.3 is 6.18 Å². The first-order chi connectivity index (χ1) is 11.9. The molecule has 0 spiro atoms. The number of nitrogens with zero attached hydrogens (tertiary/aromatic N) is 2. The van der Waals surface area contributed by atoms with Gasteiger partial charge in [0.2, 0.25) is 0 Å². The van der Waals surface area contributed by atoms with Crippen LogP contribution < -0.4 is 4.74 Å². The molecule has 0 aliphatic carbocycles. The summed E-state index contributed by atoms with van der Waals surface area (Å²) in [5.74, 6) is 0.283. The zero-order valence-electron chi connectivity index (χ0n) is 14.3. The van der Waals surface area contributed by atoms with Crippen LogP contribution in [0.15, 0.2) is 36.4 Å². The summed E-state index contributed by atoms with van der Waals surface area (Å²) < 4.78 is 44.1. The Morgan fingerprint density at radius 2 is 1.81 bits per heavy atom. The summed E-state index contributed by atoms with van der Waals surface area (Å²) >= 11 is 5.88. The molecule has 0 unspecified atom stereocenters. The van der Waals surface area contributed by atoms with E-state index in [2.05, 4.69) is 0 Å². The number of hydrogen-bond donors (Lipinski definition) is 0. The fourth-order valence-electron chi connectivity index (χ4n) is 2.33. The van der Waals surface area contributed by atoms with Gasteiger partial charge in [0, 0.05) is 6.07 Å². The van der Waals surface area contributed by atoms with Gasteiger partial charge in [-0.2, -0.15) is 13.2 Å². The minimum Gasteiger partial charge on any atom is -0.456 e. The molecule has 0 N–H and O–H groups in total. The smallest absolute Gasteiger partial charge is 0.416 e. The van der Waals surface area contributed by atoms with Crippen molar-refractivity contribution in [1.29, 1.82) is 0 Å². The summed E-state index contributed by atoms with van der Waals surface area (Å²) in [4.78, 5) is 10.7. The van der Waals surface area contributed by atoms with Gasteiger partial charge in [-0.15, -0.1) is 0 Å². The van der Waals surface area contributed by atoms with Crippen LogP contribution in [0.2, 0.25) is 5.02 Å². The topological polar surface area (TPSA) is 52.4 Å². The highest BCUT2D eigenvalue weighted by molar-refractivity contribution is 6.32. The van der Waals surface area contributed by atoms with Crippen molar-refractivity contribution in [2.24, 2.45) is 0 Å². The number of quaternary nitrogens is 1. The fraction of sp³-hybridized carbons (Fsp3) is 0.294. The molecule has 9 heteroatoms. The summed E-state index contributed by atoms with van der Waals surface area (Å²) in [5.41, 5.74) is -0.490. The number of nitro benzene ring substituents is 1. The van der Waals surface area contributed by atoms with Gasteiger partial charge in [0.1, 0.15) is 18.0 Å². The molecule has 0 radical (unpaired) electrons. The van der Waals surface area contributed by atoms with Crippen molar-refractivity contribution in [2.45, 2.75) is 12.7 Å². The number of benzene rings is 2. The molecule has 0 bridgehead atoms. The molecular weight excluding hydrogens is 373 g/mol. The van der Waals surface area contributed by atoms with Crippen LogP contribution >= 0.6 is 11.6 Å². The van der Waals surface area contributed by atoms with Crippen molar-refractivity contribution in [2.75, 3.05) is 21.1 Å². The quantitative estimate of drug-likeness (QED) is 0.398. The second-order valence-electron chi connectivity index (χ2n) is 6.74. The lowest BCUT2D eigenvalue weighted by Crippen LogP contribution is -2.33. The molecule has 0 aliphatic rings. The lowest BCUT2D eigenvalue weighted by Gasteiger charge is -2.24. The van der Waals surface area contributed by atoms with E-state index in [-0.39, 0.29) is 22.2 Å². The number of halogens is 4. The van der Waals surface area contributed by atoms with Gasteiger partial charge in [0.05, 0.1) is 42.2 Å². The van der Waals surface area contributed by atoms with Crippen LogP contribution in [0.1, 0.15) is 11.1 Å². The third-order valence-electron chi connectivity index (χ3n) is 3.38. The van der Waals surface area contributed by atoms with E-state index in [1.165, 1.54) is 18.2 Å². The van der Waals surface area contributed by atoms with Crippen LogP contribution in [0, 0.1) is 10.1 Å². The average Bonchev–Trinajstić information content (AvgIpc) is 2.46. The second-order valence-corrected chi connectivity index (χ2v) is 7.15. The van der Waals surface area contributed by atoms with Gasteiger partial charge in [0.25, 0.3) is 5.69 Å². The summed E-state index contributed by atoms with van der Waals surface area (Å²) in [6, 6.07) is 6.93. The average molecular weight is 390 g/mol. The molecule has 0 saturated heterocycles. The van der Waals surface area contributed by atoms with Crippen molar-refractivity contribution in [3.8, 4) is 11.5 Å². The van der Waals surface area contributed by atoms with Crippen molar-refractivity contribution in [1.82, 2.24) is 0 Å². The molecule has 2 aromatic carbocycles. The third kappa shape index (κ3) is 5.09. The normalized spacial score (nSPS) is 12.1. The van der Waals surface area contributed by atoms with Gasteiger partial charge < -0.3 is 9.22 Å². The number of alkyl halides is 3. The van der Waals surface area contributed by atoms with Crippen LogP contribution in [0.3, 0.4) is 0 Å². The Balaban J connectivity index is 2.35. The summed E-state index contributed by atoms with van der Waals surface area (Å²) in [7, 11) is 5.64. The van der Waals surface area contributed by atoms with Crippen molar-refractivity contribution in [3.05, 3.63) is 62.7 Å². The van der Waals surface area contributed by atoms with Crippen LogP contribution in [0.5, 0.6) is 11.5 Å². The SMILES string of the molecule is C[N+](C)(C)Cc1cc(Oc2ccc(C(F)(F)F)cc2Cl)ccc1[N+](=O)[O-]. The van der Waals surface area contributed by atoms with Gasteiger partial charge in [-0.05, 0) is 30.3 Å². The summed E-state index contributed by atoms with van der Waals surface area (Å²) in [5, 5.41) is 11.0. The lowest BCUT2D eigenvalue weighted by atomic mass is 10.1. The molecule has 2 aromatic rings. The molecule has 140 valence electrons. The molecule has 5 nitrogen and oxygen atoms in total. The third-order valence-corrected chi connectivity index (χ3v) is 3.67. The highest BCUT2D eigenvalue weighted by Gasteiger charge is 2.31. The predicted octanol–water partition coefficient (Wildman–Crippen LogP) is 5.27. The molecule has 0 heterocycles. The Morgan fingerprint density at radius 3 is 2.31 bits per heavy atom. The minimum absolute atomic E-state index is 0.0321. The first kappa shape index (κ1) is 20.0. The number of hydrogen-bond acceptors (Lipinski definition) is 3. The maximum atomic E-state index is 12.7. The van der Waals surface area contributed by atoms with Crippen molar-refractivity contribution >= 4 is 17.3 Å². The van der Waals surface area contributed by atoms with Crippen LogP contribution in [0.4, 0.5) is 18.9 Å². The molecule has 0 amide bonds. The van der Waals surface area contributed by atoms with Gasteiger partial charge in [-0.1, -0.05) is 11.6 Å². The molecule has 0 fully saturated rings. The van der Waals surface area contributed by atoms with E-state index in [0.29, 0.717) is 16.6 Å². The van der Waals surface area contributed by atoms with E-state index >= 15 is 0 Å². The maximum Gasteiger partial charge on any atom is 0.416 e. The molecule has 0 aromatic heterocycles. The molecule has 2 rings (SSSR count). The Labute approximate surface area is 153 Å². The standard InChI is InChI=1S/C17H17ClF3N2O3/c1-23(2,3)10-11-8-13(5-6-15(11)22(24)25)26-16-7-4-12(9-14(16)18)17(19,20)21/h4-9H,10H2,1-3H3/q+1. The fourth-order valence-corrected chi connectivity index (χ4v) is 2.55. The Morgan fingerprint density at radius 1 is 1.15 bits per heavy atom. The second kappa shape index (κ2) is 7.13. The van der Waals surface area contributed by atoms with Gasteiger partial charge in [0.15, 0.2) is 0 Å². The van der Waals surface area contributed by atoms with E-state index < -0.39 is 16.7 Å². The highest BCUT2D eigenvalue weighted by atomic mass is 35.5. The van der Waals surface area contributed by atoms with Gasteiger partial charge in [-0.25, -0.2) is 0 Å². The van der Waals surface area contributed by atoms with Crippen LogP contribution in [-0.2, 0) is 12.7 Å². The van der Waals surface area contributed by atoms with E-state index in [0.717, 1.165) is 18.2 Å². The van der Waals surface area contributed by atoms with Crippen LogP contribution in [-0.4, -0.2) is 30.5 Å². The lowest BCUT2D eigenvalue weighted by molar-refractivity contribution is -0.884. The number of nitro groups is 1. The summed E-state index contributed by atoms with van der Waals surface area (Å²) in [6.07, 6.45) is -4.51. The predicted molar refractivity (Wildman–Crippen MR) is 91.4 cm³/mol. The van der Waals surface area contributed by atoms with Crippen LogP contribution in [0.25, 0.3) is 0 Å². The number of rotatable bonds is 5. The molecule has 0 aliphatic heterocycles. The van der Waals surface area contributed by atoms with E-state index in [1.54, 1.807) is 0 Å². The number of ether oxygens (including phenoxy) is 1. The van der Waals surface area contributed by atoms with Crippen molar-refractivity contribution in [3.63, 3.8) is 0 Å². The zero-order valence-corrected chi connectivity index (χ0v) is 15.1. The molecule has 0 saturated carbocycles. The van der Waals surface area contributed by atoms with E-state index in [1.807, 2.05) is 21.1 Å². The van der Waals surface area contributed by atoms with Gasteiger partial charge in [-0.3, -0.25) is 10.1 Å². The van der Waals surface area contributed by atoms with E-state index in [4.69, 9.17) is 16.3 Å². The highest BCUT2D eigenvalue weighted by Crippen LogP contribution is 2.37. The Hall–Kier alpha value is -2.32. The molecule has 26 heavy (non-hydrogen) atoms. The Bertz CT molecular complexity index is 833. The molecule has 0 atom stereocenters.